The van der Waals surface area contributed by atoms with Crippen LogP contribution in [0.4, 0.5) is 0 Å². The fourth-order valence-corrected chi connectivity index (χ4v) is 6.73. The fourth-order valence-electron chi connectivity index (χ4n) is 6.73. The molecule has 8 rings (SSSR count). The summed E-state index contributed by atoms with van der Waals surface area (Å²) in [6, 6.07) is 39.0. The molecule has 0 aliphatic heterocycles. The molecular weight excluding hydrogens is 585 g/mol. The molecule has 0 aliphatic rings. The molecule has 0 spiro atoms. The second-order valence-electron chi connectivity index (χ2n) is 11.7. The van der Waals surface area contributed by atoms with Crippen LogP contribution in [0.25, 0.3) is 77.4 Å². The average molecular weight is 623 g/mol. The number of hydrogen-bond acceptors (Lipinski definition) is 2. The van der Waals surface area contributed by atoms with Crippen LogP contribution >= 0.6 is 0 Å². The number of hydrogen-bond donors (Lipinski definition) is 0. The molecule has 4 aromatic heterocycles. The number of nitrogens with zero attached hydrogens (tertiary/aromatic N) is 4. The van der Waals surface area contributed by atoms with Crippen LogP contribution in [0.15, 0.2) is 159 Å². The first kappa shape index (κ1) is 30.6. The van der Waals surface area contributed by atoms with Crippen molar-refractivity contribution in [1.82, 2.24) is 19.1 Å². The van der Waals surface area contributed by atoms with Gasteiger partial charge in [0.1, 0.15) is 0 Å². The van der Waals surface area contributed by atoms with Gasteiger partial charge in [0, 0.05) is 57.3 Å². The van der Waals surface area contributed by atoms with E-state index in [-0.39, 0.29) is 0 Å². The smallest absolute Gasteiger partial charge is 0.0702 e. The average Bonchev–Trinajstić information content (AvgIpc) is 3.72. The lowest BCUT2D eigenvalue weighted by Crippen LogP contribution is -1.97. The minimum atomic E-state index is 0.934. The SMILES string of the molecule is C/C=C\C(=C/CC)n1ccc2c3ccc4c(c3ccc21)c1ccccc1n4-c1cc(-c2ccccn2)cc(-c2ccccn2)c1.C=CC. The van der Waals surface area contributed by atoms with Crippen molar-refractivity contribution in [3.63, 3.8) is 0 Å². The second kappa shape index (κ2) is 13.4. The molecule has 8 aromatic rings. The molecule has 0 aliphatic carbocycles. The third kappa shape index (κ3) is 5.41. The number of pyridine rings is 2. The fraction of sp³-hybridized carbons (Fsp3) is 0.0909. The Labute approximate surface area is 281 Å². The largest absolute Gasteiger partial charge is 0.317 e. The molecule has 4 aromatic carbocycles. The van der Waals surface area contributed by atoms with Crippen LogP contribution in [0.1, 0.15) is 27.2 Å². The molecule has 0 amide bonds. The van der Waals surface area contributed by atoms with Gasteiger partial charge in [-0.2, -0.15) is 0 Å². The van der Waals surface area contributed by atoms with Gasteiger partial charge in [0.05, 0.1) is 27.9 Å². The summed E-state index contributed by atoms with van der Waals surface area (Å²) < 4.78 is 4.69. The van der Waals surface area contributed by atoms with E-state index in [1.807, 2.05) is 43.6 Å². The van der Waals surface area contributed by atoms with E-state index >= 15 is 0 Å². The maximum atomic E-state index is 4.70. The first-order chi connectivity index (χ1) is 23.7. The summed E-state index contributed by atoms with van der Waals surface area (Å²) in [5.41, 5.74) is 9.82. The van der Waals surface area contributed by atoms with Crippen molar-refractivity contribution in [2.75, 3.05) is 0 Å². The summed E-state index contributed by atoms with van der Waals surface area (Å²) in [4.78, 5) is 9.40. The Balaban J connectivity index is 0.00000117. The van der Waals surface area contributed by atoms with Crippen molar-refractivity contribution in [3.05, 3.63) is 159 Å². The van der Waals surface area contributed by atoms with E-state index in [1.165, 1.54) is 49.2 Å². The molecule has 4 heteroatoms. The standard InChI is InChI=1S/C41H32N4.C3H6/c1-3-11-30(12-4-2)44-24-21-33-32-17-20-40-41(34(32)18-19-38(33)44)35-13-5-6-16-39(35)45(40)31-26-28(36-14-7-9-22-42-36)25-29(27-31)37-15-8-10-23-43-37;1-3-2/h3,5-27H,4H2,1-2H3;3H,1H2,2H3/b11-3-,30-12+;. The number of fused-ring (bicyclic) bond motifs is 7. The lowest BCUT2D eigenvalue weighted by Gasteiger charge is -2.13. The molecular formula is C44H38N4. The van der Waals surface area contributed by atoms with Crippen molar-refractivity contribution in [3.8, 4) is 28.2 Å². The number of allylic oxidation sites excluding steroid dienone is 5. The lowest BCUT2D eigenvalue weighted by molar-refractivity contribution is 1.13. The summed E-state index contributed by atoms with van der Waals surface area (Å²) in [7, 11) is 0. The van der Waals surface area contributed by atoms with Gasteiger partial charge in [-0.3, -0.25) is 9.97 Å². The van der Waals surface area contributed by atoms with Crippen molar-refractivity contribution < 1.29 is 0 Å². The second-order valence-corrected chi connectivity index (χ2v) is 11.7. The van der Waals surface area contributed by atoms with E-state index in [0.717, 1.165) is 34.6 Å². The zero-order valence-electron chi connectivity index (χ0n) is 27.6. The number of para-hydroxylation sites is 1. The molecule has 0 bridgehead atoms. The van der Waals surface area contributed by atoms with Crippen molar-refractivity contribution in [2.45, 2.75) is 27.2 Å². The Morgan fingerprint density at radius 3 is 1.96 bits per heavy atom. The molecule has 0 atom stereocenters. The predicted molar refractivity (Wildman–Crippen MR) is 205 cm³/mol. The van der Waals surface area contributed by atoms with Gasteiger partial charge in [0.15, 0.2) is 0 Å². The van der Waals surface area contributed by atoms with Gasteiger partial charge in [-0.1, -0.05) is 67.6 Å². The van der Waals surface area contributed by atoms with Gasteiger partial charge in [0.2, 0.25) is 0 Å². The Bertz CT molecular complexity index is 2400. The number of rotatable bonds is 6. The first-order valence-corrected chi connectivity index (χ1v) is 16.5. The van der Waals surface area contributed by atoms with E-state index in [1.54, 1.807) is 6.08 Å². The molecule has 0 N–H and O–H groups in total. The van der Waals surface area contributed by atoms with Gasteiger partial charge >= 0.3 is 0 Å². The van der Waals surface area contributed by atoms with Gasteiger partial charge in [0.25, 0.3) is 0 Å². The maximum absolute atomic E-state index is 4.70. The van der Waals surface area contributed by atoms with Crippen molar-refractivity contribution in [1.29, 1.82) is 0 Å². The highest BCUT2D eigenvalue weighted by atomic mass is 15.0. The zero-order chi connectivity index (χ0) is 33.0. The van der Waals surface area contributed by atoms with E-state index in [9.17, 15) is 0 Å². The summed E-state index contributed by atoms with van der Waals surface area (Å²) in [6.07, 6.45) is 15.2. The Hall–Kier alpha value is -6.00. The quantitative estimate of drug-likeness (QED) is 0.137. The van der Waals surface area contributed by atoms with Gasteiger partial charge in [-0.05, 0) is 104 Å². The highest BCUT2D eigenvalue weighted by molar-refractivity contribution is 6.25. The lowest BCUT2D eigenvalue weighted by atomic mass is 10.0. The molecule has 4 nitrogen and oxygen atoms in total. The Kier molecular flexibility index (Phi) is 8.55. The van der Waals surface area contributed by atoms with E-state index < -0.39 is 0 Å². The van der Waals surface area contributed by atoms with Gasteiger partial charge in [-0.15, -0.1) is 6.58 Å². The monoisotopic (exact) mass is 622 g/mol. The molecule has 48 heavy (non-hydrogen) atoms. The Morgan fingerprint density at radius 2 is 1.31 bits per heavy atom. The molecule has 0 unspecified atom stereocenters. The van der Waals surface area contributed by atoms with E-state index in [2.05, 4.69) is 139 Å². The predicted octanol–water partition coefficient (Wildman–Crippen LogP) is 12.0. The topological polar surface area (TPSA) is 35.6 Å². The van der Waals surface area contributed by atoms with Crippen LogP contribution < -0.4 is 0 Å². The number of aromatic nitrogens is 4. The van der Waals surface area contributed by atoms with Gasteiger partial charge < -0.3 is 9.13 Å². The third-order valence-corrected chi connectivity index (χ3v) is 8.63. The minimum absolute atomic E-state index is 0.934. The van der Waals surface area contributed by atoms with Crippen LogP contribution in [0.5, 0.6) is 0 Å². The van der Waals surface area contributed by atoms with Crippen LogP contribution in [0.3, 0.4) is 0 Å². The van der Waals surface area contributed by atoms with Crippen LogP contribution in [0, 0.1) is 0 Å². The summed E-state index contributed by atoms with van der Waals surface area (Å²) >= 11 is 0. The highest BCUT2D eigenvalue weighted by Crippen LogP contribution is 2.40. The summed E-state index contributed by atoms with van der Waals surface area (Å²) in [6.45, 7) is 9.50. The minimum Gasteiger partial charge on any atom is -0.317 e. The molecule has 234 valence electrons. The van der Waals surface area contributed by atoms with E-state index in [4.69, 9.17) is 9.97 Å². The Morgan fingerprint density at radius 1 is 0.667 bits per heavy atom. The van der Waals surface area contributed by atoms with Crippen LogP contribution in [0.2, 0.25) is 0 Å². The zero-order valence-corrected chi connectivity index (χ0v) is 27.6. The molecule has 0 radical (unpaired) electrons. The molecule has 0 fully saturated rings. The molecule has 0 saturated heterocycles. The van der Waals surface area contributed by atoms with Crippen LogP contribution in [-0.4, -0.2) is 19.1 Å². The normalized spacial score (nSPS) is 11.9. The molecule has 4 heterocycles. The number of benzene rings is 4. The molecule has 0 saturated carbocycles. The van der Waals surface area contributed by atoms with Crippen LogP contribution in [-0.2, 0) is 0 Å². The summed E-state index contributed by atoms with van der Waals surface area (Å²) in [5.74, 6) is 0. The van der Waals surface area contributed by atoms with Gasteiger partial charge in [-0.25, -0.2) is 0 Å². The maximum Gasteiger partial charge on any atom is 0.0702 e. The first-order valence-electron chi connectivity index (χ1n) is 16.5. The van der Waals surface area contributed by atoms with Crippen molar-refractivity contribution in [2.24, 2.45) is 0 Å². The third-order valence-electron chi connectivity index (χ3n) is 8.63. The highest BCUT2D eigenvalue weighted by Gasteiger charge is 2.18. The van der Waals surface area contributed by atoms with Crippen molar-refractivity contribution >= 4 is 49.2 Å². The van der Waals surface area contributed by atoms with E-state index in [0.29, 0.717) is 0 Å². The summed E-state index contributed by atoms with van der Waals surface area (Å²) in [5, 5.41) is 6.27.